The van der Waals surface area contributed by atoms with E-state index in [0.717, 1.165) is 31.5 Å². The molecule has 3 nitrogen and oxygen atoms in total. The van der Waals surface area contributed by atoms with Crippen molar-refractivity contribution < 1.29 is 13.5 Å². The number of rotatable bonds is 5. The maximum atomic E-state index is 12.6. The topological polar surface area (TPSA) is 38.5 Å². The predicted octanol–water partition coefficient (Wildman–Crippen LogP) is 3.55. The van der Waals surface area contributed by atoms with Crippen molar-refractivity contribution in [1.29, 1.82) is 0 Å². The van der Waals surface area contributed by atoms with Gasteiger partial charge in [0.1, 0.15) is 5.75 Å². The zero-order chi connectivity index (χ0) is 15.1. The molecule has 0 aliphatic carbocycles. The van der Waals surface area contributed by atoms with Gasteiger partial charge in [0.25, 0.3) is 0 Å². The molecule has 0 radical (unpaired) electrons. The second-order valence-corrected chi connectivity index (χ2v) is 5.47. The molecule has 5 heteroatoms. The predicted molar refractivity (Wildman–Crippen MR) is 79.5 cm³/mol. The van der Waals surface area contributed by atoms with E-state index in [1.807, 2.05) is 12.1 Å². The van der Waals surface area contributed by atoms with Gasteiger partial charge in [0.2, 0.25) is 0 Å². The number of nitrogens with two attached hydrogens (primary N) is 1. The highest BCUT2D eigenvalue weighted by molar-refractivity contribution is 5.36. The SMILES string of the molecule is NCC(c1ccccc1OC(F)F)N1CCCCCCC1. The molecule has 1 heterocycles. The summed E-state index contributed by atoms with van der Waals surface area (Å²) in [6.07, 6.45) is 6.00. The Kier molecular flexibility index (Phi) is 6.39. The monoisotopic (exact) mass is 298 g/mol. The smallest absolute Gasteiger partial charge is 0.387 e. The quantitative estimate of drug-likeness (QED) is 0.903. The van der Waals surface area contributed by atoms with Gasteiger partial charge in [-0.2, -0.15) is 8.78 Å². The third-order valence-corrected chi connectivity index (χ3v) is 4.05. The first-order valence-corrected chi connectivity index (χ1v) is 7.70. The number of alkyl halides is 2. The minimum Gasteiger partial charge on any atom is -0.434 e. The van der Waals surface area contributed by atoms with E-state index >= 15 is 0 Å². The Morgan fingerprint density at radius 3 is 2.29 bits per heavy atom. The summed E-state index contributed by atoms with van der Waals surface area (Å²) in [7, 11) is 0. The van der Waals surface area contributed by atoms with E-state index in [-0.39, 0.29) is 11.8 Å². The molecule has 1 atom stereocenters. The van der Waals surface area contributed by atoms with Crippen LogP contribution >= 0.6 is 0 Å². The van der Waals surface area contributed by atoms with Crippen molar-refractivity contribution in [2.45, 2.75) is 44.8 Å². The molecule has 2 N–H and O–H groups in total. The molecule has 2 rings (SSSR count). The Morgan fingerprint density at radius 1 is 1.05 bits per heavy atom. The molecule has 1 saturated heterocycles. The fraction of sp³-hybridized carbons (Fsp3) is 0.625. The summed E-state index contributed by atoms with van der Waals surface area (Å²) < 4.78 is 29.8. The van der Waals surface area contributed by atoms with Crippen molar-refractivity contribution in [2.24, 2.45) is 5.73 Å². The van der Waals surface area contributed by atoms with Gasteiger partial charge in [-0.25, -0.2) is 0 Å². The van der Waals surface area contributed by atoms with Crippen LogP contribution in [0.2, 0.25) is 0 Å². The second kappa shape index (κ2) is 8.29. The third-order valence-electron chi connectivity index (χ3n) is 4.05. The number of hydrogen-bond donors (Lipinski definition) is 1. The molecule has 1 unspecified atom stereocenters. The number of likely N-dealkylation sites (tertiary alicyclic amines) is 1. The molecule has 1 aromatic carbocycles. The van der Waals surface area contributed by atoms with Crippen molar-refractivity contribution in [3.8, 4) is 5.75 Å². The van der Waals surface area contributed by atoms with E-state index in [2.05, 4.69) is 9.64 Å². The van der Waals surface area contributed by atoms with Crippen LogP contribution in [0.5, 0.6) is 5.75 Å². The molecule has 0 aromatic heterocycles. The van der Waals surface area contributed by atoms with E-state index in [1.165, 1.54) is 19.3 Å². The van der Waals surface area contributed by atoms with Crippen LogP contribution in [0.4, 0.5) is 8.78 Å². The summed E-state index contributed by atoms with van der Waals surface area (Å²) in [4.78, 5) is 2.31. The van der Waals surface area contributed by atoms with Crippen molar-refractivity contribution in [1.82, 2.24) is 4.90 Å². The van der Waals surface area contributed by atoms with Gasteiger partial charge in [-0.1, -0.05) is 37.5 Å². The second-order valence-electron chi connectivity index (χ2n) is 5.47. The lowest BCUT2D eigenvalue weighted by molar-refractivity contribution is -0.0512. The van der Waals surface area contributed by atoms with E-state index in [9.17, 15) is 8.78 Å². The molecule has 1 aliphatic rings. The maximum Gasteiger partial charge on any atom is 0.387 e. The van der Waals surface area contributed by atoms with Crippen LogP contribution in [0.25, 0.3) is 0 Å². The van der Waals surface area contributed by atoms with Crippen molar-refractivity contribution in [3.05, 3.63) is 29.8 Å². The highest BCUT2D eigenvalue weighted by Crippen LogP contribution is 2.31. The summed E-state index contributed by atoms with van der Waals surface area (Å²) in [5.41, 5.74) is 6.71. The number of para-hydroxylation sites is 1. The van der Waals surface area contributed by atoms with Gasteiger partial charge in [-0.15, -0.1) is 0 Å². The van der Waals surface area contributed by atoms with E-state index in [4.69, 9.17) is 5.73 Å². The average molecular weight is 298 g/mol. The molecule has 0 amide bonds. The van der Waals surface area contributed by atoms with Gasteiger partial charge >= 0.3 is 6.61 Å². The first-order valence-electron chi connectivity index (χ1n) is 7.70. The minimum atomic E-state index is -2.81. The number of ether oxygens (including phenoxy) is 1. The van der Waals surface area contributed by atoms with Crippen LogP contribution in [-0.4, -0.2) is 31.1 Å². The molecular formula is C16H24F2N2O. The van der Waals surface area contributed by atoms with Crippen LogP contribution in [0.15, 0.2) is 24.3 Å². The molecule has 1 aromatic rings. The molecular weight excluding hydrogens is 274 g/mol. The highest BCUT2D eigenvalue weighted by atomic mass is 19.3. The zero-order valence-electron chi connectivity index (χ0n) is 12.3. The Labute approximate surface area is 125 Å². The lowest BCUT2D eigenvalue weighted by Gasteiger charge is -2.33. The summed E-state index contributed by atoms with van der Waals surface area (Å²) >= 11 is 0. The van der Waals surface area contributed by atoms with Crippen LogP contribution in [-0.2, 0) is 0 Å². The van der Waals surface area contributed by atoms with Gasteiger partial charge < -0.3 is 10.5 Å². The van der Waals surface area contributed by atoms with Crippen LogP contribution in [0, 0.1) is 0 Å². The van der Waals surface area contributed by atoms with E-state index in [0.29, 0.717) is 6.54 Å². The summed E-state index contributed by atoms with van der Waals surface area (Å²) in [6, 6.07) is 6.93. The van der Waals surface area contributed by atoms with Gasteiger partial charge in [0.05, 0.1) is 6.04 Å². The van der Waals surface area contributed by atoms with E-state index in [1.54, 1.807) is 12.1 Å². The Balaban J connectivity index is 2.19. The Hall–Kier alpha value is -1.20. The average Bonchev–Trinajstić information content (AvgIpc) is 2.42. The maximum absolute atomic E-state index is 12.6. The summed E-state index contributed by atoms with van der Waals surface area (Å²) in [5.74, 6) is 0.241. The molecule has 1 fully saturated rings. The van der Waals surface area contributed by atoms with Crippen LogP contribution < -0.4 is 10.5 Å². The standard InChI is InChI=1S/C16H24F2N2O/c17-16(18)21-15-9-5-4-8-13(15)14(12-19)20-10-6-2-1-3-7-11-20/h4-5,8-9,14,16H,1-3,6-7,10-12,19H2. The largest absolute Gasteiger partial charge is 0.434 e. The zero-order valence-corrected chi connectivity index (χ0v) is 12.3. The Bertz CT molecular complexity index is 420. The van der Waals surface area contributed by atoms with Crippen LogP contribution in [0.3, 0.4) is 0 Å². The molecule has 0 bridgehead atoms. The molecule has 118 valence electrons. The number of benzene rings is 1. The van der Waals surface area contributed by atoms with Gasteiger partial charge in [-0.3, -0.25) is 4.90 Å². The van der Waals surface area contributed by atoms with Gasteiger partial charge in [0, 0.05) is 12.1 Å². The number of nitrogens with zero attached hydrogens (tertiary/aromatic N) is 1. The summed E-state index contributed by atoms with van der Waals surface area (Å²) in [6.45, 7) is -0.476. The number of hydrogen-bond acceptors (Lipinski definition) is 3. The fourth-order valence-corrected chi connectivity index (χ4v) is 3.02. The lowest BCUT2D eigenvalue weighted by atomic mass is 10.0. The molecule has 0 spiro atoms. The first-order chi connectivity index (χ1) is 10.2. The van der Waals surface area contributed by atoms with Gasteiger partial charge in [0.15, 0.2) is 0 Å². The minimum absolute atomic E-state index is 0.0574. The highest BCUT2D eigenvalue weighted by Gasteiger charge is 2.23. The molecule has 21 heavy (non-hydrogen) atoms. The lowest BCUT2D eigenvalue weighted by Crippen LogP contribution is -2.36. The third kappa shape index (κ3) is 4.64. The summed E-state index contributed by atoms with van der Waals surface area (Å²) in [5, 5.41) is 0. The van der Waals surface area contributed by atoms with Gasteiger partial charge in [-0.05, 0) is 32.0 Å². The normalized spacial score (nSPS) is 19.0. The Morgan fingerprint density at radius 2 is 1.67 bits per heavy atom. The van der Waals surface area contributed by atoms with Crippen LogP contribution in [0.1, 0.15) is 43.7 Å². The van der Waals surface area contributed by atoms with Crippen molar-refractivity contribution >= 4 is 0 Å². The van der Waals surface area contributed by atoms with E-state index < -0.39 is 6.61 Å². The molecule has 0 saturated carbocycles. The van der Waals surface area contributed by atoms with Crippen molar-refractivity contribution in [2.75, 3.05) is 19.6 Å². The van der Waals surface area contributed by atoms with Crippen molar-refractivity contribution in [3.63, 3.8) is 0 Å². The first kappa shape index (κ1) is 16.2. The fourth-order valence-electron chi connectivity index (χ4n) is 3.02. The number of halogens is 2. The molecule has 1 aliphatic heterocycles.